The van der Waals surface area contributed by atoms with E-state index in [2.05, 4.69) is 20.2 Å². The number of nitrogens with zero attached hydrogens (tertiary/aromatic N) is 6. The maximum atomic E-state index is 12.0. The third-order valence-electron chi connectivity index (χ3n) is 5.35. The van der Waals surface area contributed by atoms with Gasteiger partial charge >= 0.3 is 17.5 Å². The number of rotatable bonds is 7. The van der Waals surface area contributed by atoms with E-state index in [1.54, 1.807) is 24.0 Å². The van der Waals surface area contributed by atoms with E-state index >= 15 is 0 Å². The molecule has 1 aromatic carbocycles. The molecule has 0 aliphatic carbocycles. The molecule has 176 valence electrons. The van der Waals surface area contributed by atoms with Crippen molar-refractivity contribution in [2.45, 2.75) is 19.8 Å². The van der Waals surface area contributed by atoms with Gasteiger partial charge in [0.25, 0.3) is 0 Å². The Morgan fingerprint density at radius 2 is 1.94 bits per heavy atom. The van der Waals surface area contributed by atoms with Gasteiger partial charge in [-0.15, -0.1) is 10.2 Å². The average Bonchev–Trinajstić information content (AvgIpc) is 2.84. The molecular formula is C22H21ClN6O5. The molecule has 0 N–H and O–H groups in total. The van der Waals surface area contributed by atoms with E-state index in [0.29, 0.717) is 43.8 Å². The van der Waals surface area contributed by atoms with Crippen molar-refractivity contribution in [3.8, 4) is 22.9 Å². The Kier molecular flexibility index (Phi) is 7.12. The first kappa shape index (κ1) is 23.3. The van der Waals surface area contributed by atoms with Crippen LogP contribution >= 0.6 is 11.6 Å². The van der Waals surface area contributed by atoms with Gasteiger partial charge in [0.1, 0.15) is 12.0 Å². The van der Waals surface area contributed by atoms with E-state index in [9.17, 15) is 14.9 Å². The summed E-state index contributed by atoms with van der Waals surface area (Å²) >= 11 is 6.02. The van der Waals surface area contributed by atoms with E-state index in [1.165, 1.54) is 12.4 Å². The first-order chi connectivity index (χ1) is 16.5. The monoisotopic (exact) mass is 484 g/mol. The molecule has 1 saturated heterocycles. The molecule has 0 atom stereocenters. The normalized spacial score (nSPS) is 14.0. The molecule has 0 bridgehead atoms. The number of hydrogen-bond donors (Lipinski definition) is 0. The molecule has 1 aliphatic rings. The molecule has 1 fully saturated rings. The summed E-state index contributed by atoms with van der Waals surface area (Å²) in [6, 6.07) is 10.5. The number of anilines is 1. The Balaban J connectivity index is 1.64. The second-order valence-electron chi connectivity index (χ2n) is 7.47. The minimum Gasteiger partial charge on any atom is -0.466 e. The molecule has 0 spiro atoms. The van der Waals surface area contributed by atoms with E-state index < -0.39 is 4.92 Å². The van der Waals surface area contributed by atoms with Gasteiger partial charge in [-0.2, -0.15) is 4.98 Å². The lowest BCUT2D eigenvalue weighted by Gasteiger charge is -2.31. The van der Waals surface area contributed by atoms with Crippen LogP contribution in [0.15, 0.2) is 42.7 Å². The zero-order valence-electron chi connectivity index (χ0n) is 18.3. The van der Waals surface area contributed by atoms with Gasteiger partial charge in [0.05, 0.1) is 17.4 Å². The molecule has 11 nitrogen and oxygen atoms in total. The highest BCUT2D eigenvalue weighted by molar-refractivity contribution is 6.29. The van der Waals surface area contributed by atoms with Crippen molar-refractivity contribution >= 4 is 29.1 Å². The standard InChI is InChI=1S/C22H21ClN6O5/c1-2-33-22(30)15-8-10-28(11-9-15)20-19(29(31)32)21(25-13-24-20)34-16-12-17(23)26-27-18(16)14-6-4-3-5-7-14/h3-7,12-13,15H,2,8-11H2,1H3. The van der Waals surface area contributed by atoms with Gasteiger partial charge in [0.2, 0.25) is 5.82 Å². The van der Waals surface area contributed by atoms with Gasteiger partial charge in [-0.25, -0.2) is 4.98 Å². The minimum atomic E-state index is -0.583. The predicted octanol–water partition coefficient (Wildman–Crippen LogP) is 4.07. The molecule has 34 heavy (non-hydrogen) atoms. The first-order valence-corrected chi connectivity index (χ1v) is 11.0. The lowest BCUT2D eigenvalue weighted by molar-refractivity contribution is -0.385. The zero-order chi connectivity index (χ0) is 24.1. The number of halogens is 1. The second kappa shape index (κ2) is 10.4. The molecule has 0 unspecified atom stereocenters. The maximum Gasteiger partial charge on any atom is 0.373 e. The summed E-state index contributed by atoms with van der Waals surface area (Å²) in [6.45, 7) is 2.88. The van der Waals surface area contributed by atoms with Gasteiger partial charge in [0, 0.05) is 24.7 Å². The van der Waals surface area contributed by atoms with Crippen molar-refractivity contribution in [2.24, 2.45) is 5.92 Å². The Morgan fingerprint density at radius 3 is 2.62 bits per heavy atom. The fraction of sp³-hybridized carbons (Fsp3) is 0.318. The highest BCUT2D eigenvalue weighted by atomic mass is 35.5. The number of nitro groups is 1. The molecule has 4 rings (SSSR count). The molecule has 0 amide bonds. The third-order valence-corrected chi connectivity index (χ3v) is 5.53. The van der Waals surface area contributed by atoms with Crippen LogP contribution in [0.2, 0.25) is 5.15 Å². The summed E-state index contributed by atoms with van der Waals surface area (Å²) in [5.74, 6) is -0.458. The van der Waals surface area contributed by atoms with Crippen LogP contribution in [-0.2, 0) is 9.53 Å². The largest absolute Gasteiger partial charge is 0.466 e. The third kappa shape index (κ3) is 5.04. The topological polar surface area (TPSA) is 133 Å². The van der Waals surface area contributed by atoms with E-state index in [0.717, 1.165) is 0 Å². The number of carbonyl (C=O) groups is 1. The second-order valence-corrected chi connectivity index (χ2v) is 7.86. The molecule has 1 aliphatic heterocycles. The maximum absolute atomic E-state index is 12.0. The van der Waals surface area contributed by atoms with E-state index in [1.807, 2.05) is 18.2 Å². The van der Waals surface area contributed by atoms with Gasteiger partial charge in [0.15, 0.2) is 10.9 Å². The van der Waals surface area contributed by atoms with Crippen LogP contribution in [0.25, 0.3) is 11.3 Å². The molecule has 2 aromatic heterocycles. The summed E-state index contributed by atoms with van der Waals surface area (Å²) in [5.41, 5.74) is 0.665. The number of ether oxygens (including phenoxy) is 2. The summed E-state index contributed by atoms with van der Waals surface area (Å²) in [5, 5.41) is 20.1. The number of benzene rings is 1. The van der Waals surface area contributed by atoms with Gasteiger partial charge in [-0.05, 0) is 19.8 Å². The molecule has 3 heterocycles. The minimum absolute atomic E-state index is 0.0626. The van der Waals surface area contributed by atoms with Crippen LogP contribution in [0.3, 0.4) is 0 Å². The fourth-order valence-electron chi connectivity index (χ4n) is 3.74. The van der Waals surface area contributed by atoms with Gasteiger partial charge in [-0.3, -0.25) is 14.9 Å². The number of esters is 1. The van der Waals surface area contributed by atoms with Crippen molar-refractivity contribution in [2.75, 3.05) is 24.6 Å². The Morgan fingerprint density at radius 1 is 1.21 bits per heavy atom. The average molecular weight is 485 g/mol. The quantitative estimate of drug-likeness (QED) is 0.274. The number of piperidine rings is 1. The van der Waals surface area contributed by atoms with Crippen molar-refractivity contribution in [1.82, 2.24) is 20.2 Å². The molecule has 3 aromatic rings. The molecule has 12 heteroatoms. The molecule has 0 saturated carbocycles. The van der Waals surface area contributed by atoms with Crippen LogP contribution in [0, 0.1) is 16.0 Å². The van der Waals surface area contributed by atoms with Crippen molar-refractivity contribution in [3.63, 3.8) is 0 Å². The first-order valence-electron chi connectivity index (χ1n) is 10.7. The SMILES string of the molecule is CCOC(=O)C1CCN(c2ncnc(Oc3cc(Cl)nnc3-c3ccccc3)c2[N+](=O)[O-])CC1. The summed E-state index contributed by atoms with van der Waals surface area (Å²) < 4.78 is 11.0. The summed E-state index contributed by atoms with van der Waals surface area (Å²) in [6.07, 6.45) is 2.20. The van der Waals surface area contributed by atoms with Gasteiger partial charge in [-0.1, -0.05) is 41.9 Å². The number of carbonyl (C=O) groups excluding carboxylic acids is 1. The highest BCUT2D eigenvalue weighted by Gasteiger charge is 2.33. The molecule has 0 radical (unpaired) electrons. The van der Waals surface area contributed by atoms with Crippen LogP contribution in [0.5, 0.6) is 11.6 Å². The van der Waals surface area contributed by atoms with Crippen LogP contribution in [0.1, 0.15) is 19.8 Å². The van der Waals surface area contributed by atoms with Crippen LogP contribution < -0.4 is 9.64 Å². The van der Waals surface area contributed by atoms with Crippen molar-refractivity contribution < 1.29 is 19.2 Å². The van der Waals surface area contributed by atoms with E-state index in [4.69, 9.17) is 21.1 Å². The number of hydrogen-bond acceptors (Lipinski definition) is 10. The fourth-order valence-corrected chi connectivity index (χ4v) is 3.87. The summed E-state index contributed by atoms with van der Waals surface area (Å²) in [4.78, 5) is 33.4. The Hall–Kier alpha value is -3.86. The predicted molar refractivity (Wildman–Crippen MR) is 123 cm³/mol. The van der Waals surface area contributed by atoms with E-state index in [-0.39, 0.29) is 40.2 Å². The summed E-state index contributed by atoms with van der Waals surface area (Å²) in [7, 11) is 0. The van der Waals surface area contributed by atoms with Crippen LogP contribution in [0.4, 0.5) is 11.5 Å². The van der Waals surface area contributed by atoms with Crippen molar-refractivity contribution in [1.29, 1.82) is 0 Å². The number of aromatic nitrogens is 4. The van der Waals surface area contributed by atoms with Crippen molar-refractivity contribution in [3.05, 3.63) is 58.0 Å². The Bertz CT molecular complexity index is 1190. The Labute approximate surface area is 199 Å². The highest BCUT2D eigenvalue weighted by Crippen LogP contribution is 2.40. The molecular weight excluding hydrogens is 464 g/mol. The zero-order valence-corrected chi connectivity index (χ0v) is 19.0. The van der Waals surface area contributed by atoms with Crippen LogP contribution in [-0.4, -0.2) is 50.8 Å². The smallest absolute Gasteiger partial charge is 0.373 e. The van der Waals surface area contributed by atoms with Gasteiger partial charge < -0.3 is 14.4 Å². The lowest BCUT2D eigenvalue weighted by atomic mass is 9.97. The lowest BCUT2D eigenvalue weighted by Crippen LogP contribution is -2.37.